The van der Waals surface area contributed by atoms with Crippen molar-refractivity contribution in [3.05, 3.63) is 36.0 Å². The molecule has 0 saturated carbocycles. The molecule has 0 aliphatic carbocycles. The molecule has 3 nitrogen and oxygen atoms in total. The van der Waals surface area contributed by atoms with Crippen LogP contribution in [0.5, 0.6) is 0 Å². The number of aryl methyl sites for hydroxylation is 2. The van der Waals surface area contributed by atoms with Gasteiger partial charge in [0.15, 0.2) is 0 Å². The van der Waals surface area contributed by atoms with E-state index in [1.807, 2.05) is 0 Å². The number of hydrogen-bond donors (Lipinski definition) is 1. The lowest BCUT2D eigenvalue weighted by atomic mass is 10.1. The minimum atomic E-state index is -0.707. The first-order valence-electron chi connectivity index (χ1n) is 6.51. The van der Waals surface area contributed by atoms with Crippen LogP contribution in [0.15, 0.2) is 30.5 Å². The number of para-hydroxylation sites is 1. The van der Waals surface area contributed by atoms with Gasteiger partial charge in [-0.2, -0.15) is 0 Å². The molecule has 2 rings (SSSR count). The van der Waals surface area contributed by atoms with Gasteiger partial charge in [0.1, 0.15) is 0 Å². The number of rotatable bonds is 6. The van der Waals surface area contributed by atoms with Crippen LogP contribution in [0.4, 0.5) is 0 Å². The van der Waals surface area contributed by atoms with Gasteiger partial charge in [-0.05, 0) is 36.3 Å². The molecule has 0 saturated heterocycles. The SMILES string of the molecule is CCc1cccc2ccn(CCCCC(=O)O)c12. The Balaban J connectivity index is 2.11. The van der Waals surface area contributed by atoms with Crippen molar-refractivity contribution in [2.75, 3.05) is 0 Å². The number of unbranched alkanes of at least 4 members (excludes halogenated alkanes) is 1. The lowest BCUT2D eigenvalue weighted by Gasteiger charge is -2.08. The third-order valence-electron chi connectivity index (χ3n) is 3.29. The minimum Gasteiger partial charge on any atom is -0.481 e. The molecule has 1 aromatic carbocycles. The van der Waals surface area contributed by atoms with Crippen molar-refractivity contribution < 1.29 is 9.90 Å². The largest absolute Gasteiger partial charge is 0.481 e. The van der Waals surface area contributed by atoms with Crippen LogP contribution in [-0.4, -0.2) is 15.6 Å². The Hall–Kier alpha value is -1.77. The molecule has 3 heteroatoms. The molecule has 18 heavy (non-hydrogen) atoms. The Morgan fingerprint density at radius 3 is 2.83 bits per heavy atom. The van der Waals surface area contributed by atoms with Crippen LogP contribution in [0, 0.1) is 0 Å². The van der Waals surface area contributed by atoms with Gasteiger partial charge in [0.05, 0.1) is 5.52 Å². The zero-order valence-electron chi connectivity index (χ0n) is 10.7. The molecular formula is C15H19NO2. The number of aliphatic carboxylic acids is 1. The van der Waals surface area contributed by atoms with E-state index in [0.717, 1.165) is 25.8 Å². The fourth-order valence-electron chi connectivity index (χ4n) is 2.37. The van der Waals surface area contributed by atoms with Gasteiger partial charge in [-0.3, -0.25) is 4.79 Å². The molecule has 0 aliphatic rings. The molecule has 1 N–H and O–H groups in total. The van der Waals surface area contributed by atoms with E-state index in [4.69, 9.17) is 5.11 Å². The van der Waals surface area contributed by atoms with Crippen LogP contribution < -0.4 is 0 Å². The summed E-state index contributed by atoms with van der Waals surface area (Å²) in [4.78, 5) is 10.5. The fraction of sp³-hybridized carbons (Fsp3) is 0.400. The average molecular weight is 245 g/mol. The zero-order valence-corrected chi connectivity index (χ0v) is 10.7. The van der Waals surface area contributed by atoms with Crippen LogP contribution >= 0.6 is 0 Å². The van der Waals surface area contributed by atoms with Crippen molar-refractivity contribution in [3.63, 3.8) is 0 Å². The molecule has 0 amide bonds. The normalized spacial score (nSPS) is 10.9. The molecular weight excluding hydrogens is 226 g/mol. The lowest BCUT2D eigenvalue weighted by Crippen LogP contribution is -2.00. The minimum absolute atomic E-state index is 0.264. The van der Waals surface area contributed by atoms with Gasteiger partial charge in [-0.1, -0.05) is 25.1 Å². The van der Waals surface area contributed by atoms with E-state index < -0.39 is 5.97 Å². The number of benzene rings is 1. The Morgan fingerprint density at radius 2 is 2.11 bits per heavy atom. The second-order valence-electron chi connectivity index (χ2n) is 4.57. The quantitative estimate of drug-likeness (QED) is 0.792. The predicted octanol–water partition coefficient (Wildman–Crippen LogP) is 3.46. The van der Waals surface area contributed by atoms with Gasteiger partial charge in [0.2, 0.25) is 0 Å². The van der Waals surface area contributed by atoms with Gasteiger partial charge >= 0.3 is 5.97 Å². The van der Waals surface area contributed by atoms with Crippen LogP contribution in [0.25, 0.3) is 10.9 Å². The molecule has 0 unspecified atom stereocenters. The van der Waals surface area contributed by atoms with E-state index in [1.165, 1.54) is 16.5 Å². The molecule has 0 aliphatic heterocycles. The summed E-state index contributed by atoms with van der Waals surface area (Å²) in [6, 6.07) is 8.51. The summed E-state index contributed by atoms with van der Waals surface area (Å²) in [6.07, 6.45) is 5.04. The van der Waals surface area contributed by atoms with E-state index in [2.05, 4.69) is 42.0 Å². The number of aromatic nitrogens is 1. The number of carboxylic acids is 1. The molecule has 0 spiro atoms. The average Bonchev–Trinajstić information content (AvgIpc) is 2.77. The van der Waals surface area contributed by atoms with Crippen LogP contribution in [0.3, 0.4) is 0 Å². The van der Waals surface area contributed by atoms with Gasteiger partial charge in [-0.25, -0.2) is 0 Å². The fourth-order valence-corrected chi connectivity index (χ4v) is 2.37. The van der Waals surface area contributed by atoms with Crippen LogP contribution in [0.2, 0.25) is 0 Å². The highest BCUT2D eigenvalue weighted by molar-refractivity contribution is 5.83. The first-order chi connectivity index (χ1) is 8.72. The smallest absolute Gasteiger partial charge is 0.303 e. The summed E-state index contributed by atoms with van der Waals surface area (Å²) >= 11 is 0. The third kappa shape index (κ3) is 2.73. The van der Waals surface area contributed by atoms with E-state index in [0.29, 0.717) is 0 Å². The summed E-state index contributed by atoms with van der Waals surface area (Å²) in [7, 11) is 0. The lowest BCUT2D eigenvalue weighted by molar-refractivity contribution is -0.137. The van der Waals surface area contributed by atoms with Crippen molar-refractivity contribution in [1.29, 1.82) is 0 Å². The van der Waals surface area contributed by atoms with Crippen molar-refractivity contribution in [2.45, 2.75) is 39.2 Å². The van der Waals surface area contributed by atoms with Gasteiger partial charge in [0, 0.05) is 19.2 Å². The third-order valence-corrected chi connectivity index (χ3v) is 3.29. The molecule has 1 heterocycles. The Kier molecular flexibility index (Phi) is 4.03. The highest BCUT2D eigenvalue weighted by Gasteiger charge is 2.05. The Bertz CT molecular complexity index is 542. The molecule has 0 atom stereocenters. The second kappa shape index (κ2) is 5.71. The monoisotopic (exact) mass is 245 g/mol. The number of hydrogen-bond acceptors (Lipinski definition) is 1. The predicted molar refractivity (Wildman–Crippen MR) is 72.8 cm³/mol. The van der Waals surface area contributed by atoms with Crippen molar-refractivity contribution in [2.24, 2.45) is 0 Å². The summed E-state index contributed by atoms with van der Waals surface area (Å²) in [5.74, 6) is -0.707. The molecule has 0 bridgehead atoms. The maximum atomic E-state index is 10.5. The summed E-state index contributed by atoms with van der Waals surface area (Å²) in [5.41, 5.74) is 2.66. The standard InChI is InChI=1S/C15H19NO2/c1-2-12-6-5-7-13-9-11-16(15(12)13)10-4-3-8-14(17)18/h5-7,9,11H,2-4,8,10H2,1H3,(H,17,18). The first-order valence-corrected chi connectivity index (χ1v) is 6.51. The van der Waals surface area contributed by atoms with E-state index in [-0.39, 0.29) is 6.42 Å². The topological polar surface area (TPSA) is 42.2 Å². The Labute approximate surface area is 107 Å². The van der Waals surface area contributed by atoms with Crippen LogP contribution in [0.1, 0.15) is 31.7 Å². The van der Waals surface area contributed by atoms with Gasteiger partial charge in [0.25, 0.3) is 0 Å². The molecule has 0 radical (unpaired) electrons. The zero-order chi connectivity index (χ0) is 13.0. The highest BCUT2D eigenvalue weighted by atomic mass is 16.4. The summed E-state index contributed by atoms with van der Waals surface area (Å²) < 4.78 is 2.25. The van der Waals surface area contributed by atoms with E-state index in [9.17, 15) is 4.79 Å². The van der Waals surface area contributed by atoms with Crippen LogP contribution in [-0.2, 0) is 17.8 Å². The number of fused-ring (bicyclic) bond motifs is 1. The molecule has 96 valence electrons. The van der Waals surface area contributed by atoms with Gasteiger partial charge < -0.3 is 9.67 Å². The summed E-state index contributed by atoms with van der Waals surface area (Å²) in [5, 5.41) is 9.89. The van der Waals surface area contributed by atoms with E-state index in [1.54, 1.807) is 0 Å². The maximum Gasteiger partial charge on any atom is 0.303 e. The second-order valence-corrected chi connectivity index (χ2v) is 4.57. The van der Waals surface area contributed by atoms with E-state index >= 15 is 0 Å². The number of carbonyl (C=O) groups is 1. The maximum absolute atomic E-state index is 10.5. The first kappa shape index (κ1) is 12.7. The molecule has 2 aromatic rings. The Morgan fingerprint density at radius 1 is 1.28 bits per heavy atom. The molecule has 1 aromatic heterocycles. The highest BCUT2D eigenvalue weighted by Crippen LogP contribution is 2.21. The van der Waals surface area contributed by atoms with Gasteiger partial charge in [-0.15, -0.1) is 0 Å². The summed E-state index contributed by atoms with van der Waals surface area (Å²) in [6.45, 7) is 3.06. The van der Waals surface area contributed by atoms with Crippen molar-refractivity contribution in [1.82, 2.24) is 4.57 Å². The number of nitrogens with zero attached hydrogens (tertiary/aromatic N) is 1. The van der Waals surface area contributed by atoms with Crippen molar-refractivity contribution >= 4 is 16.9 Å². The molecule has 0 fully saturated rings. The van der Waals surface area contributed by atoms with Crippen molar-refractivity contribution in [3.8, 4) is 0 Å². The number of carboxylic acid groups (broad SMARTS) is 1.